The molecule has 0 aliphatic rings. The van der Waals surface area contributed by atoms with Gasteiger partial charge >= 0.3 is 0 Å². The SMILES string of the molecule is CCCCN=C(NCCc1cccc(Cl)c1)NCCn1cnnc1CC.I. The van der Waals surface area contributed by atoms with Crippen molar-refractivity contribution >= 4 is 41.5 Å². The van der Waals surface area contributed by atoms with Crippen LogP contribution < -0.4 is 10.6 Å². The van der Waals surface area contributed by atoms with E-state index in [1.165, 1.54) is 5.56 Å². The molecule has 0 spiro atoms. The van der Waals surface area contributed by atoms with Crippen LogP contribution in [0.5, 0.6) is 0 Å². The largest absolute Gasteiger partial charge is 0.356 e. The highest BCUT2D eigenvalue weighted by atomic mass is 127. The summed E-state index contributed by atoms with van der Waals surface area (Å²) in [4.78, 5) is 4.65. The van der Waals surface area contributed by atoms with Crippen LogP contribution in [0.15, 0.2) is 35.6 Å². The van der Waals surface area contributed by atoms with Crippen LogP contribution in [-0.2, 0) is 19.4 Å². The highest BCUT2D eigenvalue weighted by Crippen LogP contribution is 2.10. The lowest BCUT2D eigenvalue weighted by Crippen LogP contribution is -2.40. The van der Waals surface area contributed by atoms with Crippen molar-refractivity contribution in [1.29, 1.82) is 0 Å². The summed E-state index contributed by atoms with van der Waals surface area (Å²) in [6.07, 6.45) is 5.79. The molecule has 2 N–H and O–H groups in total. The van der Waals surface area contributed by atoms with Gasteiger partial charge in [0.15, 0.2) is 5.96 Å². The Hall–Kier alpha value is -1.35. The lowest BCUT2D eigenvalue weighted by atomic mass is 10.1. The maximum Gasteiger partial charge on any atom is 0.191 e. The van der Waals surface area contributed by atoms with Crippen LogP contribution in [0.4, 0.5) is 0 Å². The molecule has 0 saturated heterocycles. The molecule has 150 valence electrons. The van der Waals surface area contributed by atoms with Gasteiger partial charge in [-0.2, -0.15) is 0 Å². The minimum atomic E-state index is 0. The Balaban J connectivity index is 0.00000364. The van der Waals surface area contributed by atoms with Crippen molar-refractivity contribution in [3.63, 3.8) is 0 Å². The second-order valence-corrected chi connectivity index (χ2v) is 6.55. The predicted octanol–water partition coefficient (Wildman–Crippen LogP) is 3.69. The van der Waals surface area contributed by atoms with Crippen LogP contribution in [0.1, 0.15) is 38.1 Å². The molecule has 27 heavy (non-hydrogen) atoms. The van der Waals surface area contributed by atoms with Crippen molar-refractivity contribution in [3.8, 4) is 0 Å². The molecular formula is C19H30ClIN6. The Labute approximate surface area is 184 Å². The first-order valence-electron chi connectivity index (χ1n) is 9.36. The third-order valence-corrected chi connectivity index (χ3v) is 4.27. The Morgan fingerprint density at radius 1 is 1.22 bits per heavy atom. The third-order valence-electron chi connectivity index (χ3n) is 4.03. The number of halogens is 2. The van der Waals surface area contributed by atoms with E-state index in [0.29, 0.717) is 0 Å². The van der Waals surface area contributed by atoms with E-state index in [0.717, 1.165) is 68.7 Å². The standard InChI is InChI=1S/C19H29ClN6.HI/c1-3-5-10-21-19(22-11-9-16-7-6-8-17(20)14-16)23-12-13-26-15-24-25-18(26)4-2;/h6-8,14-15H,3-5,9-13H2,1-2H3,(H2,21,22,23);1H. The van der Waals surface area contributed by atoms with E-state index in [-0.39, 0.29) is 24.0 Å². The van der Waals surface area contributed by atoms with E-state index < -0.39 is 0 Å². The number of aliphatic imine (C=N–C) groups is 1. The second kappa shape index (κ2) is 13.8. The second-order valence-electron chi connectivity index (χ2n) is 6.11. The number of benzene rings is 1. The van der Waals surface area contributed by atoms with Crippen LogP contribution in [0.25, 0.3) is 0 Å². The molecule has 0 saturated carbocycles. The first kappa shape index (κ1) is 23.7. The fraction of sp³-hybridized carbons (Fsp3) is 0.526. The van der Waals surface area contributed by atoms with Crippen LogP contribution in [0, 0.1) is 0 Å². The smallest absolute Gasteiger partial charge is 0.191 e. The van der Waals surface area contributed by atoms with E-state index in [1.54, 1.807) is 6.33 Å². The number of aryl methyl sites for hydroxylation is 1. The minimum Gasteiger partial charge on any atom is -0.356 e. The molecule has 2 aromatic rings. The summed E-state index contributed by atoms with van der Waals surface area (Å²) in [5.41, 5.74) is 1.22. The number of rotatable bonds is 10. The van der Waals surface area contributed by atoms with E-state index in [2.05, 4.69) is 50.3 Å². The maximum absolute atomic E-state index is 6.04. The molecule has 0 aliphatic carbocycles. The van der Waals surface area contributed by atoms with Crippen LogP contribution in [0.2, 0.25) is 5.02 Å². The first-order chi connectivity index (χ1) is 12.7. The number of nitrogens with zero attached hydrogens (tertiary/aromatic N) is 4. The number of aromatic nitrogens is 3. The Kier molecular flexibility index (Phi) is 12.1. The fourth-order valence-corrected chi connectivity index (χ4v) is 2.79. The zero-order chi connectivity index (χ0) is 18.6. The molecule has 0 aliphatic heterocycles. The van der Waals surface area contributed by atoms with Crippen molar-refractivity contribution in [2.45, 2.75) is 46.1 Å². The van der Waals surface area contributed by atoms with E-state index >= 15 is 0 Å². The molecule has 1 aromatic carbocycles. The molecule has 0 fully saturated rings. The monoisotopic (exact) mass is 504 g/mol. The van der Waals surface area contributed by atoms with Crippen molar-refractivity contribution in [2.24, 2.45) is 4.99 Å². The summed E-state index contributed by atoms with van der Waals surface area (Å²) in [5.74, 6) is 1.86. The normalized spacial score (nSPS) is 11.1. The van der Waals surface area contributed by atoms with Crippen LogP contribution >= 0.6 is 35.6 Å². The number of guanidine groups is 1. The molecule has 6 nitrogen and oxygen atoms in total. The zero-order valence-electron chi connectivity index (χ0n) is 16.1. The highest BCUT2D eigenvalue weighted by molar-refractivity contribution is 14.0. The first-order valence-corrected chi connectivity index (χ1v) is 9.74. The maximum atomic E-state index is 6.04. The lowest BCUT2D eigenvalue weighted by molar-refractivity contribution is 0.630. The average Bonchev–Trinajstić information content (AvgIpc) is 3.09. The number of hydrogen-bond acceptors (Lipinski definition) is 3. The van der Waals surface area contributed by atoms with Crippen molar-refractivity contribution in [3.05, 3.63) is 47.0 Å². The van der Waals surface area contributed by atoms with E-state index in [9.17, 15) is 0 Å². The van der Waals surface area contributed by atoms with Gasteiger partial charge in [-0.3, -0.25) is 4.99 Å². The minimum absolute atomic E-state index is 0. The summed E-state index contributed by atoms with van der Waals surface area (Å²) < 4.78 is 2.07. The van der Waals surface area contributed by atoms with Crippen LogP contribution in [0.3, 0.4) is 0 Å². The van der Waals surface area contributed by atoms with Gasteiger partial charge in [-0.25, -0.2) is 0 Å². The van der Waals surface area contributed by atoms with Crippen molar-refractivity contribution in [1.82, 2.24) is 25.4 Å². The molecule has 0 radical (unpaired) electrons. The van der Waals surface area contributed by atoms with E-state index in [4.69, 9.17) is 11.6 Å². The molecule has 1 aromatic heterocycles. The molecule has 2 rings (SSSR count). The topological polar surface area (TPSA) is 67.1 Å². The quantitative estimate of drug-likeness (QED) is 0.224. The van der Waals surface area contributed by atoms with Gasteiger partial charge in [0, 0.05) is 37.6 Å². The Bertz CT molecular complexity index is 688. The molecule has 0 bridgehead atoms. The van der Waals surface area contributed by atoms with Gasteiger partial charge < -0.3 is 15.2 Å². The lowest BCUT2D eigenvalue weighted by Gasteiger charge is -2.13. The Morgan fingerprint density at radius 3 is 2.78 bits per heavy atom. The summed E-state index contributed by atoms with van der Waals surface area (Å²) in [6, 6.07) is 7.97. The number of unbranched alkanes of at least 4 members (excludes halogenated alkanes) is 1. The molecule has 0 amide bonds. The summed E-state index contributed by atoms with van der Waals surface area (Å²) in [5, 5.41) is 15.7. The number of hydrogen-bond donors (Lipinski definition) is 2. The highest BCUT2D eigenvalue weighted by Gasteiger charge is 2.03. The van der Waals surface area contributed by atoms with Gasteiger partial charge in [0.2, 0.25) is 0 Å². The molecular weight excluding hydrogens is 475 g/mol. The van der Waals surface area contributed by atoms with Crippen LogP contribution in [-0.4, -0.2) is 40.4 Å². The van der Waals surface area contributed by atoms with Gasteiger partial charge in [-0.15, -0.1) is 34.2 Å². The van der Waals surface area contributed by atoms with Gasteiger partial charge in [-0.1, -0.05) is 44.0 Å². The summed E-state index contributed by atoms with van der Waals surface area (Å²) >= 11 is 6.04. The van der Waals surface area contributed by atoms with Crippen molar-refractivity contribution in [2.75, 3.05) is 19.6 Å². The van der Waals surface area contributed by atoms with Gasteiger partial charge in [-0.05, 0) is 30.5 Å². The van der Waals surface area contributed by atoms with E-state index in [1.807, 2.05) is 18.2 Å². The molecule has 1 heterocycles. The summed E-state index contributed by atoms with van der Waals surface area (Å²) in [6.45, 7) is 7.50. The Morgan fingerprint density at radius 2 is 2.04 bits per heavy atom. The predicted molar refractivity (Wildman–Crippen MR) is 123 cm³/mol. The molecule has 0 atom stereocenters. The van der Waals surface area contributed by atoms with Gasteiger partial charge in [0.25, 0.3) is 0 Å². The fourth-order valence-electron chi connectivity index (χ4n) is 2.58. The van der Waals surface area contributed by atoms with Gasteiger partial charge in [0.05, 0.1) is 0 Å². The number of nitrogens with one attached hydrogen (secondary N) is 2. The molecule has 8 heteroatoms. The third kappa shape index (κ3) is 8.92. The van der Waals surface area contributed by atoms with Gasteiger partial charge in [0.1, 0.15) is 12.2 Å². The summed E-state index contributed by atoms with van der Waals surface area (Å²) in [7, 11) is 0. The van der Waals surface area contributed by atoms with Crippen molar-refractivity contribution < 1.29 is 0 Å². The molecule has 0 unspecified atom stereocenters. The zero-order valence-corrected chi connectivity index (χ0v) is 19.2. The average molecular weight is 505 g/mol.